The van der Waals surface area contributed by atoms with Crippen LogP contribution < -0.4 is 14.7 Å². The number of benzene rings is 2. The van der Waals surface area contributed by atoms with Crippen LogP contribution in [0.4, 0.5) is 24.5 Å². The van der Waals surface area contributed by atoms with Gasteiger partial charge in [0.25, 0.3) is 0 Å². The van der Waals surface area contributed by atoms with E-state index in [2.05, 4.69) is 29.2 Å². The van der Waals surface area contributed by atoms with Crippen molar-refractivity contribution in [3.8, 4) is 0 Å². The van der Waals surface area contributed by atoms with Gasteiger partial charge in [-0.15, -0.1) is 0 Å². The van der Waals surface area contributed by atoms with E-state index in [-0.39, 0.29) is 0 Å². The van der Waals surface area contributed by atoms with Gasteiger partial charge in [0.1, 0.15) is 6.54 Å². The summed E-state index contributed by atoms with van der Waals surface area (Å²) in [6, 6.07) is 14.2. The van der Waals surface area contributed by atoms with E-state index in [4.69, 9.17) is 0 Å². The second-order valence-corrected chi connectivity index (χ2v) is 7.02. The molecule has 1 N–H and O–H groups in total. The number of nitrogens with zero attached hydrogens (tertiary/aromatic N) is 2. The van der Waals surface area contributed by atoms with Crippen molar-refractivity contribution in [3.05, 3.63) is 59.7 Å². The third kappa shape index (κ3) is 4.49. The Bertz CT molecular complexity index is 718. The number of hydrogen-bond donors (Lipinski definition) is 1. The molecule has 2 aromatic rings. The van der Waals surface area contributed by atoms with Crippen molar-refractivity contribution < 1.29 is 18.1 Å². The second kappa shape index (κ2) is 7.58. The van der Waals surface area contributed by atoms with E-state index >= 15 is 0 Å². The van der Waals surface area contributed by atoms with E-state index in [9.17, 15) is 13.2 Å². The first-order valence-corrected chi connectivity index (χ1v) is 8.85. The molecule has 2 aromatic carbocycles. The van der Waals surface area contributed by atoms with Gasteiger partial charge in [0.15, 0.2) is 0 Å². The van der Waals surface area contributed by atoms with Crippen molar-refractivity contribution in [2.45, 2.75) is 12.7 Å². The van der Waals surface area contributed by atoms with Crippen LogP contribution in [-0.4, -0.2) is 40.3 Å². The van der Waals surface area contributed by atoms with Crippen LogP contribution in [0.15, 0.2) is 48.5 Å². The van der Waals surface area contributed by atoms with E-state index in [0.29, 0.717) is 5.69 Å². The highest BCUT2D eigenvalue weighted by atomic mass is 19.4. The predicted octanol–water partition coefficient (Wildman–Crippen LogP) is 2.68. The summed E-state index contributed by atoms with van der Waals surface area (Å²) >= 11 is 0. The molecule has 0 aliphatic carbocycles. The SMILES string of the molecule is CN(C)c1ccc(C[NH+]2CCN(c3cccc(C(F)(F)F)c3)CC2)cc1. The third-order valence-corrected chi connectivity index (χ3v) is 4.92. The van der Waals surface area contributed by atoms with Crippen molar-refractivity contribution in [2.24, 2.45) is 0 Å². The smallest absolute Gasteiger partial charge is 0.378 e. The van der Waals surface area contributed by atoms with E-state index < -0.39 is 11.7 Å². The summed E-state index contributed by atoms with van der Waals surface area (Å²) in [6.07, 6.45) is -4.29. The van der Waals surface area contributed by atoms with E-state index in [0.717, 1.165) is 38.8 Å². The van der Waals surface area contributed by atoms with Gasteiger partial charge in [-0.1, -0.05) is 18.2 Å². The summed E-state index contributed by atoms with van der Waals surface area (Å²) in [5, 5.41) is 0. The van der Waals surface area contributed by atoms with Crippen LogP contribution in [-0.2, 0) is 12.7 Å². The Morgan fingerprint density at radius 1 is 1.00 bits per heavy atom. The van der Waals surface area contributed by atoms with Crippen molar-refractivity contribution in [3.63, 3.8) is 0 Å². The zero-order valence-corrected chi connectivity index (χ0v) is 15.2. The highest BCUT2D eigenvalue weighted by molar-refractivity contribution is 5.49. The zero-order valence-electron chi connectivity index (χ0n) is 15.2. The number of halogens is 3. The molecule has 1 heterocycles. The van der Waals surface area contributed by atoms with Crippen LogP contribution in [0.3, 0.4) is 0 Å². The van der Waals surface area contributed by atoms with Crippen LogP contribution in [0.25, 0.3) is 0 Å². The molecule has 6 heteroatoms. The van der Waals surface area contributed by atoms with E-state index in [1.807, 2.05) is 19.0 Å². The van der Waals surface area contributed by atoms with Crippen molar-refractivity contribution in [2.75, 3.05) is 50.1 Å². The molecule has 1 aliphatic heterocycles. The molecule has 3 rings (SSSR count). The van der Waals surface area contributed by atoms with E-state index in [1.54, 1.807) is 6.07 Å². The Balaban J connectivity index is 1.57. The summed E-state index contributed by atoms with van der Waals surface area (Å²) in [6.45, 7) is 4.33. The molecule has 1 saturated heterocycles. The third-order valence-electron chi connectivity index (χ3n) is 4.92. The van der Waals surface area contributed by atoms with Crippen LogP contribution >= 0.6 is 0 Å². The molecule has 0 atom stereocenters. The minimum atomic E-state index is -4.29. The molecule has 26 heavy (non-hydrogen) atoms. The lowest BCUT2D eigenvalue weighted by Gasteiger charge is -2.34. The standard InChI is InChI=1S/C20H24F3N3/c1-24(2)18-8-6-16(7-9-18)15-25-10-12-26(13-11-25)19-5-3-4-17(14-19)20(21,22)23/h3-9,14H,10-13,15H2,1-2H3/p+1. The first-order chi connectivity index (χ1) is 12.3. The number of quaternary nitrogens is 1. The molecule has 0 unspecified atom stereocenters. The van der Waals surface area contributed by atoms with Gasteiger partial charge in [-0.25, -0.2) is 0 Å². The molecule has 0 spiro atoms. The monoisotopic (exact) mass is 364 g/mol. The maximum Gasteiger partial charge on any atom is 0.416 e. The topological polar surface area (TPSA) is 10.9 Å². The summed E-state index contributed by atoms with van der Waals surface area (Å²) in [5.41, 5.74) is 2.55. The van der Waals surface area contributed by atoms with Crippen LogP contribution in [0.1, 0.15) is 11.1 Å². The lowest BCUT2D eigenvalue weighted by atomic mass is 10.1. The average molecular weight is 364 g/mol. The molecule has 140 valence electrons. The Kier molecular flexibility index (Phi) is 5.41. The maximum absolute atomic E-state index is 12.9. The quantitative estimate of drug-likeness (QED) is 0.895. The molecule has 0 aromatic heterocycles. The van der Waals surface area contributed by atoms with Gasteiger partial charge in [-0.3, -0.25) is 0 Å². The van der Waals surface area contributed by atoms with Gasteiger partial charge < -0.3 is 14.7 Å². The predicted molar refractivity (Wildman–Crippen MR) is 98.8 cm³/mol. The summed E-state index contributed by atoms with van der Waals surface area (Å²) in [7, 11) is 4.04. The Morgan fingerprint density at radius 3 is 2.23 bits per heavy atom. The average Bonchev–Trinajstić information content (AvgIpc) is 2.62. The lowest BCUT2D eigenvalue weighted by Crippen LogP contribution is -3.13. The van der Waals surface area contributed by atoms with Gasteiger partial charge in [-0.05, 0) is 30.3 Å². The first kappa shape index (κ1) is 18.6. The van der Waals surface area contributed by atoms with Crippen LogP contribution in [0.5, 0.6) is 0 Å². The fourth-order valence-electron chi connectivity index (χ4n) is 3.34. The minimum Gasteiger partial charge on any atom is -0.378 e. The normalized spacial score (nSPS) is 16.0. The fraction of sp³-hybridized carbons (Fsp3) is 0.400. The summed E-state index contributed by atoms with van der Waals surface area (Å²) in [4.78, 5) is 5.59. The molecular weight excluding hydrogens is 339 g/mol. The van der Waals surface area contributed by atoms with Gasteiger partial charge in [0.2, 0.25) is 0 Å². The highest BCUT2D eigenvalue weighted by Crippen LogP contribution is 2.31. The Hall–Kier alpha value is -2.21. The largest absolute Gasteiger partial charge is 0.416 e. The Morgan fingerprint density at radius 2 is 1.65 bits per heavy atom. The number of anilines is 2. The van der Waals surface area contributed by atoms with E-state index in [1.165, 1.54) is 28.3 Å². The van der Waals surface area contributed by atoms with Crippen LogP contribution in [0, 0.1) is 0 Å². The fourth-order valence-corrected chi connectivity index (χ4v) is 3.34. The van der Waals surface area contributed by atoms with Gasteiger partial charge in [0.05, 0.1) is 31.7 Å². The molecule has 3 nitrogen and oxygen atoms in total. The van der Waals surface area contributed by atoms with Crippen molar-refractivity contribution >= 4 is 11.4 Å². The number of piperazine rings is 1. The first-order valence-electron chi connectivity index (χ1n) is 8.85. The van der Waals surface area contributed by atoms with Crippen LogP contribution in [0.2, 0.25) is 0 Å². The number of hydrogen-bond acceptors (Lipinski definition) is 2. The number of rotatable bonds is 4. The van der Waals surface area contributed by atoms with Crippen molar-refractivity contribution in [1.29, 1.82) is 0 Å². The molecule has 0 radical (unpaired) electrons. The van der Waals surface area contributed by atoms with Gasteiger partial charge in [-0.2, -0.15) is 13.2 Å². The van der Waals surface area contributed by atoms with Gasteiger partial charge in [0, 0.05) is 31.0 Å². The highest BCUT2D eigenvalue weighted by Gasteiger charge is 2.31. The molecule has 0 saturated carbocycles. The number of alkyl halides is 3. The minimum absolute atomic E-state index is 0.578. The van der Waals surface area contributed by atoms with Crippen molar-refractivity contribution in [1.82, 2.24) is 0 Å². The van der Waals surface area contributed by atoms with Gasteiger partial charge >= 0.3 is 6.18 Å². The molecule has 0 bridgehead atoms. The second-order valence-electron chi connectivity index (χ2n) is 7.02. The zero-order chi connectivity index (χ0) is 18.7. The molecular formula is C20H25F3N3+. The molecule has 0 amide bonds. The summed E-state index contributed by atoms with van der Waals surface area (Å²) < 4.78 is 38.7. The molecule has 1 fully saturated rings. The maximum atomic E-state index is 12.9. The number of nitrogens with one attached hydrogen (secondary N) is 1. The molecule has 1 aliphatic rings. The Labute approximate surface area is 152 Å². The lowest BCUT2D eigenvalue weighted by molar-refractivity contribution is -0.914. The summed E-state index contributed by atoms with van der Waals surface area (Å²) in [5.74, 6) is 0.